The van der Waals surface area contributed by atoms with E-state index in [1.165, 1.54) is 11.1 Å². The predicted molar refractivity (Wildman–Crippen MR) is 79.5 cm³/mol. The number of hydrogen-bond donors (Lipinski definition) is 2. The second kappa shape index (κ2) is 5.69. The Hall–Kier alpha value is -1.14. The SMILES string of the molecule is CN1CCN(Cc2cccc3c2C[C@H](N)C(N)O3)CC1. The largest absolute Gasteiger partial charge is 0.474 e. The highest BCUT2D eigenvalue weighted by Gasteiger charge is 2.26. The van der Waals surface area contributed by atoms with Gasteiger partial charge in [0, 0.05) is 38.3 Å². The van der Waals surface area contributed by atoms with Crippen LogP contribution >= 0.6 is 0 Å². The fourth-order valence-corrected chi connectivity index (χ4v) is 2.93. The summed E-state index contributed by atoms with van der Waals surface area (Å²) in [6.45, 7) is 5.48. The Balaban J connectivity index is 1.76. The lowest BCUT2D eigenvalue weighted by Gasteiger charge is -2.34. The molecule has 1 aromatic carbocycles. The lowest BCUT2D eigenvalue weighted by molar-refractivity contribution is 0.143. The zero-order chi connectivity index (χ0) is 14.1. The van der Waals surface area contributed by atoms with Crippen molar-refractivity contribution < 1.29 is 4.74 Å². The minimum atomic E-state index is -0.388. The lowest BCUT2D eigenvalue weighted by atomic mass is 9.96. The van der Waals surface area contributed by atoms with Gasteiger partial charge in [0.2, 0.25) is 0 Å². The van der Waals surface area contributed by atoms with E-state index in [-0.39, 0.29) is 12.3 Å². The van der Waals surface area contributed by atoms with Crippen molar-refractivity contribution in [1.82, 2.24) is 9.80 Å². The second-order valence-corrected chi connectivity index (χ2v) is 5.92. The van der Waals surface area contributed by atoms with E-state index in [0.717, 1.165) is 44.9 Å². The molecule has 5 heteroatoms. The Kier molecular flexibility index (Phi) is 3.94. The first kappa shape index (κ1) is 13.8. The van der Waals surface area contributed by atoms with Crippen molar-refractivity contribution in [1.29, 1.82) is 0 Å². The van der Waals surface area contributed by atoms with Crippen LogP contribution in [0.4, 0.5) is 0 Å². The van der Waals surface area contributed by atoms with E-state index >= 15 is 0 Å². The summed E-state index contributed by atoms with van der Waals surface area (Å²) in [5.74, 6) is 0.908. The Bertz CT molecular complexity index is 471. The normalized spacial score (nSPS) is 27.9. The van der Waals surface area contributed by atoms with Crippen LogP contribution in [-0.2, 0) is 13.0 Å². The summed E-state index contributed by atoms with van der Waals surface area (Å²) in [4.78, 5) is 4.87. The van der Waals surface area contributed by atoms with Gasteiger partial charge >= 0.3 is 0 Å². The molecule has 2 aliphatic rings. The lowest BCUT2D eigenvalue weighted by Crippen LogP contribution is -2.49. The van der Waals surface area contributed by atoms with Crippen LogP contribution in [0.15, 0.2) is 18.2 Å². The van der Waals surface area contributed by atoms with Crippen molar-refractivity contribution in [2.75, 3.05) is 33.2 Å². The van der Waals surface area contributed by atoms with Gasteiger partial charge in [-0.15, -0.1) is 0 Å². The fraction of sp³-hybridized carbons (Fsp3) is 0.600. The number of likely N-dealkylation sites (N-methyl/N-ethyl adjacent to an activating group) is 1. The van der Waals surface area contributed by atoms with Gasteiger partial charge in [-0.3, -0.25) is 10.6 Å². The molecule has 0 radical (unpaired) electrons. The van der Waals surface area contributed by atoms with Crippen molar-refractivity contribution in [2.45, 2.75) is 25.2 Å². The first-order valence-corrected chi connectivity index (χ1v) is 7.33. The summed E-state index contributed by atoms with van der Waals surface area (Å²) in [5.41, 5.74) is 14.5. The number of nitrogens with two attached hydrogens (primary N) is 2. The fourth-order valence-electron chi connectivity index (χ4n) is 2.93. The van der Waals surface area contributed by atoms with Gasteiger partial charge < -0.3 is 15.4 Å². The Morgan fingerprint density at radius 3 is 2.70 bits per heavy atom. The van der Waals surface area contributed by atoms with E-state index in [2.05, 4.69) is 22.9 Å². The summed E-state index contributed by atoms with van der Waals surface area (Å²) in [5, 5.41) is 0. The summed E-state index contributed by atoms with van der Waals surface area (Å²) < 4.78 is 5.72. The molecule has 3 rings (SSSR count). The highest BCUT2D eigenvalue weighted by molar-refractivity contribution is 5.42. The first-order chi connectivity index (χ1) is 9.63. The standard InChI is InChI=1S/C15H24N4O/c1-18-5-7-19(8-6-18)10-11-3-2-4-14-12(11)9-13(16)15(17)20-14/h2-4,13,15H,5-10,16-17H2,1H3/t13-,15?/m0/s1. The number of benzene rings is 1. The Morgan fingerprint density at radius 2 is 1.95 bits per heavy atom. The average molecular weight is 276 g/mol. The van der Waals surface area contributed by atoms with Crippen LogP contribution in [0.25, 0.3) is 0 Å². The van der Waals surface area contributed by atoms with Crippen molar-refractivity contribution in [3.8, 4) is 5.75 Å². The molecule has 1 aromatic rings. The molecule has 4 N–H and O–H groups in total. The van der Waals surface area contributed by atoms with Crippen LogP contribution in [0.1, 0.15) is 11.1 Å². The minimum Gasteiger partial charge on any atom is -0.474 e. The van der Waals surface area contributed by atoms with Crippen molar-refractivity contribution >= 4 is 0 Å². The van der Waals surface area contributed by atoms with Crippen LogP contribution < -0.4 is 16.2 Å². The highest BCUT2D eigenvalue weighted by Crippen LogP contribution is 2.29. The van der Waals surface area contributed by atoms with Crippen LogP contribution in [-0.4, -0.2) is 55.3 Å². The smallest absolute Gasteiger partial charge is 0.163 e. The van der Waals surface area contributed by atoms with Crippen LogP contribution in [0.3, 0.4) is 0 Å². The van der Waals surface area contributed by atoms with Crippen molar-refractivity contribution in [2.24, 2.45) is 11.5 Å². The van der Waals surface area contributed by atoms with Gasteiger partial charge in [0.1, 0.15) is 5.75 Å². The molecular formula is C15H24N4O. The maximum atomic E-state index is 6.04. The van der Waals surface area contributed by atoms with E-state index in [1.54, 1.807) is 0 Å². The summed E-state index contributed by atoms with van der Waals surface area (Å²) in [6.07, 6.45) is 0.418. The molecule has 5 nitrogen and oxygen atoms in total. The molecule has 0 aromatic heterocycles. The van der Waals surface area contributed by atoms with Crippen molar-refractivity contribution in [3.63, 3.8) is 0 Å². The predicted octanol–water partition coefficient (Wildman–Crippen LogP) is -0.0190. The molecule has 20 heavy (non-hydrogen) atoms. The van der Waals surface area contributed by atoms with Crippen LogP contribution in [0, 0.1) is 0 Å². The molecular weight excluding hydrogens is 252 g/mol. The third-order valence-electron chi connectivity index (χ3n) is 4.34. The minimum absolute atomic E-state index is 0.115. The number of hydrogen-bond acceptors (Lipinski definition) is 5. The van der Waals surface area contributed by atoms with Crippen LogP contribution in [0.5, 0.6) is 5.75 Å². The summed E-state index contributed by atoms with van der Waals surface area (Å²) in [7, 11) is 2.18. The summed E-state index contributed by atoms with van der Waals surface area (Å²) in [6, 6.07) is 6.11. The molecule has 0 spiro atoms. The molecule has 0 aliphatic carbocycles. The highest BCUT2D eigenvalue weighted by atomic mass is 16.5. The van der Waals surface area contributed by atoms with Gasteiger partial charge in [-0.25, -0.2) is 0 Å². The average Bonchev–Trinajstić information content (AvgIpc) is 2.43. The van der Waals surface area contributed by atoms with E-state index in [9.17, 15) is 0 Å². The van der Waals surface area contributed by atoms with Gasteiger partial charge in [0.25, 0.3) is 0 Å². The molecule has 1 unspecified atom stereocenters. The van der Waals surface area contributed by atoms with E-state index in [1.807, 2.05) is 12.1 Å². The van der Waals surface area contributed by atoms with Gasteiger partial charge in [0.15, 0.2) is 6.23 Å². The maximum absolute atomic E-state index is 6.04. The second-order valence-electron chi connectivity index (χ2n) is 5.92. The quantitative estimate of drug-likeness (QED) is 0.795. The van der Waals surface area contributed by atoms with Gasteiger partial charge in [0.05, 0.1) is 6.04 Å². The van der Waals surface area contributed by atoms with Gasteiger partial charge in [-0.1, -0.05) is 12.1 Å². The van der Waals surface area contributed by atoms with Crippen molar-refractivity contribution in [3.05, 3.63) is 29.3 Å². The van der Waals surface area contributed by atoms with E-state index < -0.39 is 0 Å². The topological polar surface area (TPSA) is 67.8 Å². The molecule has 1 saturated heterocycles. The van der Waals surface area contributed by atoms with Crippen LogP contribution in [0.2, 0.25) is 0 Å². The molecule has 0 bridgehead atoms. The number of piperazine rings is 1. The molecule has 0 saturated carbocycles. The zero-order valence-corrected chi connectivity index (χ0v) is 12.1. The van der Waals surface area contributed by atoms with E-state index in [4.69, 9.17) is 16.2 Å². The number of rotatable bonds is 2. The molecule has 110 valence electrons. The maximum Gasteiger partial charge on any atom is 0.163 e. The van der Waals surface area contributed by atoms with Gasteiger partial charge in [-0.05, 0) is 25.1 Å². The molecule has 2 aliphatic heterocycles. The number of fused-ring (bicyclic) bond motifs is 1. The molecule has 2 atom stereocenters. The zero-order valence-electron chi connectivity index (χ0n) is 12.1. The number of nitrogens with zero attached hydrogens (tertiary/aromatic N) is 2. The summed E-state index contributed by atoms with van der Waals surface area (Å²) >= 11 is 0. The molecule has 0 amide bonds. The first-order valence-electron chi connectivity index (χ1n) is 7.33. The Labute approximate surface area is 120 Å². The number of ether oxygens (including phenoxy) is 1. The van der Waals surface area contributed by atoms with Gasteiger partial charge in [-0.2, -0.15) is 0 Å². The monoisotopic (exact) mass is 276 g/mol. The molecule has 2 heterocycles. The van der Waals surface area contributed by atoms with E-state index in [0.29, 0.717) is 0 Å². The third kappa shape index (κ3) is 2.81. The Morgan fingerprint density at radius 1 is 1.20 bits per heavy atom. The third-order valence-corrected chi connectivity index (χ3v) is 4.34. The molecule has 1 fully saturated rings.